The van der Waals surface area contributed by atoms with E-state index in [-0.39, 0.29) is 0 Å². The van der Waals surface area contributed by atoms with Crippen molar-refractivity contribution in [1.82, 2.24) is 0 Å². The summed E-state index contributed by atoms with van der Waals surface area (Å²) in [5, 5.41) is 6.00. The van der Waals surface area contributed by atoms with Gasteiger partial charge in [-0.1, -0.05) is 121 Å². The molecule has 0 N–H and O–H groups in total. The summed E-state index contributed by atoms with van der Waals surface area (Å²) in [5.41, 5.74) is 12.6. The van der Waals surface area contributed by atoms with Gasteiger partial charge in [-0.2, -0.15) is 0 Å². The van der Waals surface area contributed by atoms with Crippen LogP contribution < -0.4 is 30.5 Å². The van der Waals surface area contributed by atoms with Crippen LogP contribution in [-0.2, 0) is 0 Å². The fourth-order valence-electron chi connectivity index (χ4n) is 8.30. The summed E-state index contributed by atoms with van der Waals surface area (Å²) in [6.07, 6.45) is 0. The maximum absolute atomic E-state index is 2.53. The van der Waals surface area contributed by atoms with E-state index in [0.717, 1.165) is 5.69 Å². The number of fused-ring (bicyclic) bond motifs is 12. The Bertz CT molecular complexity index is 2200. The van der Waals surface area contributed by atoms with Crippen molar-refractivity contribution in [2.75, 3.05) is 9.80 Å². The number of benzene rings is 7. The van der Waals surface area contributed by atoms with Crippen LogP contribution in [0.15, 0.2) is 170 Å². The largest absolute Gasteiger partial charge is 0.306 e. The molecule has 0 unspecified atom stereocenters. The Morgan fingerprint density at radius 1 is 0.289 bits per heavy atom. The molecule has 10 rings (SSSR count). The van der Waals surface area contributed by atoms with Crippen LogP contribution in [0.1, 0.15) is 0 Å². The van der Waals surface area contributed by atoms with E-state index < -0.39 is 8.07 Å². The number of anilines is 6. The number of para-hydroxylation sites is 5. The third-order valence-corrected chi connectivity index (χ3v) is 14.9. The van der Waals surface area contributed by atoms with Gasteiger partial charge in [0, 0.05) is 11.4 Å². The zero-order valence-corrected chi connectivity index (χ0v) is 25.6. The predicted octanol–water partition coefficient (Wildman–Crippen LogP) is 8.28. The highest BCUT2D eigenvalue weighted by molar-refractivity contribution is 7.24. The lowest BCUT2D eigenvalue weighted by Gasteiger charge is -2.40. The minimum absolute atomic E-state index is 1.16. The van der Waals surface area contributed by atoms with Gasteiger partial charge in [0.25, 0.3) is 0 Å². The molecule has 3 heterocycles. The second kappa shape index (κ2) is 9.18. The highest BCUT2D eigenvalue weighted by atomic mass is 28.3. The monoisotopic (exact) mass is 588 g/mol. The van der Waals surface area contributed by atoms with Gasteiger partial charge in [0.1, 0.15) is 0 Å². The highest BCUT2D eigenvalue weighted by Crippen LogP contribution is 2.54. The average Bonchev–Trinajstić information content (AvgIpc) is 3.58. The maximum atomic E-state index is 2.53. The van der Waals surface area contributed by atoms with Gasteiger partial charge in [-0.3, -0.25) is 0 Å². The molecule has 3 aliphatic heterocycles. The van der Waals surface area contributed by atoms with Gasteiger partial charge < -0.3 is 9.80 Å². The number of hydrogen-bond donors (Lipinski definition) is 0. The minimum atomic E-state index is -2.53. The average molecular weight is 589 g/mol. The molecule has 3 heteroatoms. The van der Waals surface area contributed by atoms with Crippen LogP contribution in [0.25, 0.3) is 22.3 Å². The molecule has 7 aromatic carbocycles. The first-order chi connectivity index (χ1) is 22.4. The molecule has 0 amide bonds. The Hall–Kier alpha value is -5.64. The van der Waals surface area contributed by atoms with Crippen molar-refractivity contribution in [2.45, 2.75) is 0 Å². The molecule has 0 fully saturated rings. The first-order valence-corrected chi connectivity index (χ1v) is 17.6. The van der Waals surface area contributed by atoms with Crippen LogP contribution in [0.4, 0.5) is 34.1 Å². The van der Waals surface area contributed by atoms with Crippen molar-refractivity contribution >= 4 is 62.9 Å². The van der Waals surface area contributed by atoms with Crippen molar-refractivity contribution in [3.05, 3.63) is 170 Å². The van der Waals surface area contributed by atoms with Crippen molar-refractivity contribution in [3.8, 4) is 22.3 Å². The molecule has 7 aromatic rings. The topological polar surface area (TPSA) is 6.48 Å². The van der Waals surface area contributed by atoms with Crippen molar-refractivity contribution in [2.24, 2.45) is 0 Å². The van der Waals surface area contributed by atoms with Crippen molar-refractivity contribution < 1.29 is 0 Å². The molecule has 0 bridgehead atoms. The molecule has 210 valence electrons. The lowest BCUT2D eigenvalue weighted by molar-refractivity contribution is 1.17. The third-order valence-electron chi connectivity index (χ3n) is 9.98. The van der Waals surface area contributed by atoms with Gasteiger partial charge >= 0.3 is 0 Å². The predicted molar refractivity (Wildman–Crippen MR) is 191 cm³/mol. The summed E-state index contributed by atoms with van der Waals surface area (Å²) in [7, 11) is -2.53. The Kier molecular flexibility index (Phi) is 5.05. The van der Waals surface area contributed by atoms with E-state index in [4.69, 9.17) is 0 Å². The summed E-state index contributed by atoms with van der Waals surface area (Å²) < 4.78 is 0. The normalized spacial score (nSPS) is 14.3. The highest BCUT2D eigenvalue weighted by Gasteiger charge is 2.54. The van der Waals surface area contributed by atoms with Gasteiger partial charge in [-0.25, -0.2) is 0 Å². The van der Waals surface area contributed by atoms with E-state index in [1.807, 2.05) is 0 Å². The van der Waals surface area contributed by atoms with E-state index in [0.29, 0.717) is 0 Å². The fourth-order valence-corrected chi connectivity index (χ4v) is 13.9. The van der Waals surface area contributed by atoms with E-state index >= 15 is 0 Å². The van der Waals surface area contributed by atoms with Crippen LogP contribution in [0.5, 0.6) is 0 Å². The fraction of sp³-hybridized carbons (Fsp3) is 0. The zero-order chi connectivity index (χ0) is 29.5. The SMILES string of the molecule is c1ccc(N2c3ccccc3N(c3ccc4c(c3)[Si]3(c5ccccc5-c5ccccc53)c3ccccc3-4)c3ccccc32)cc1. The lowest BCUT2D eigenvalue weighted by Crippen LogP contribution is -2.70. The second-order valence-electron chi connectivity index (χ2n) is 12.1. The first kappa shape index (κ1) is 24.8. The minimum Gasteiger partial charge on any atom is -0.306 e. The van der Waals surface area contributed by atoms with Crippen molar-refractivity contribution in [3.63, 3.8) is 0 Å². The number of rotatable bonds is 2. The summed E-state index contributed by atoms with van der Waals surface area (Å²) in [4.78, 5) is 4.87. The van der Waals surface area contributed by atoms with Crippen molar-refractivity contribution in [1.29, 1.82) is 0 Å². The van der Waals surface area contributed by atoms with E-state index in [9.17, 15) is 0 Å². The molecule has 0 aromatic heterocycles. The molecule has 1 spiro atoms. The van der Waals surface area contributed by atoms with E-state index in [1.54, 1.807) is 0 Å². The first-order valence-electron chi connectivity index (χ1n) is 15.6. The molecule has 2 nitrogen and oxygen atoms in total. The standard InChI is InChI=1S/C42H28N2Si/c1-2-14-29(15-3-1)43-35-19-7-9-21-37(35)44(38-22-10-8-20-36(38)43)30-26-27-34-33-18-6-13-25-41(33)45(42(34)28-30)39-23-11-4-16-31(39)32-17-5-12-24-40(32)45/h1-28H. The summed E-state index contributed by atoms with van der Waals surface area (Å²) in [5.74, 6) is 0. The van der Waals surface area contributed by atoms with Gasteiger partial charge in [0.05, 0.1) is 22.7 Å². The molecule has 3 aliphatic rings. The molecular weight excluding hydrogens is 561 g/mol. The zero-order valence-electron chi connectivity index (χ0n) is 24.6. The van der Waals surface area contributed by atoms with Gasteiger partial charge in [-0.15, -0.1) is 0 Å². The van der Waals surface area contributed by atoms with Crippen LogP contribution in [0, 0.1) is 0 Å². The summed E-state index contributed by atoms with van der Waals surface area (Å²) in [6.45, 7) is 0. The number of nitrogens with zero attached hydrogens (tertiary/aromatic N) is 2. The maximum Gasteiger partial charge on any atom is 0.182 e. The van der Waals surface area contributed by atoms with Gasteiger partial charge in [0.15, 0.2) is 8.07 Å². The molecular formula is C42H28N2Si. The Balaban J connectivity index is 1.26. The second-order valence-corrected chi connectivity index (χ2v) is 15.8. The molecule has 0 saturated carbocycles. The van der Waals surface area contributed by atoms with E-state index in [1.165, 1.54) is 71.4 Å². The molecule has 0 radical (unpaired) electrons. The Morgan fingerprint density at radius 3 is 1.16 bits per heavy atom. The summed E-state index contributed by atoms with van der Waals surface area (Å²) in [6, 6.07) is 63.1. The van der Waals surface area contributed by atoms with Gasteiger partial charge in [-0.05, 0) is 91.5 Å². The van der Waals surface area contributed by atoms with Crippen LogP contribution >= 0.6 is 0 Å². The lowest BCUT2D eigenvalue weighted by atomic mass is 10.0. The molecule has 0 aliphatic carbocycles. The smallest absolute Gasteiger partial charge is 0.182 e. The van der Waals surface area contributed by atoms with Crippen LogP contribution in [0.2, 0.25) is 0 Å². The van der Waals surface area contributed by atoms with E-state index in [2.05, 4.69) is 180 Å². The quantitative estimate of drug-likeness (QED) is 0.188. The van der Waals surface area contributed by atoms with Gasteiger partial charge in [0.2, 0.25) is 0 Å². The Labute approximate surface area is 264 Å². The van der Waals surface area contributed by atoms with Crippen LogP contribution in [-0.4, -0.2) is 8.07 Å². The number of hydrogen-bond acceptors (Lipinski definition) is 2. The third kappa shape index (κ3) is 3.18. The Morgan fingerprint density at radius 2 is 0.667 bits per heavy atom. The molecule has 0 saturated heterocycles. The molecule has 45 heavy (non-hydrogen) atoms. The van der Waals surface area contributed by atoms with Crippen LogP contribution in [0.3, 0.4) is 0 Å². The summed E-state index contributed by atoms with van der Waals surface area (Å²) >= 11 is 0. The molecule has 0 atom stereocenters.